The summed E-state index contributed by atoms with van der Waals surface area (Å²) in [6.07, 6.45) is 1.47. The molecule has 6 heteroatoms. The number of amides is 1. The third kappa shape index (κ3) is 4.34. The number of pyridine rings is 1. The predicted molar refractivity (Wildman–Crippen MR) is 128 cm³/mol. The number of halogens is 1. The van der Waals surface area contributed by atoms with Gasteiger partial charge in [0.25, 0.3) is 0 Å². The summed E-state index contributed by atoms with van der Waals surface area (Å²) in [7, 11) is 0. The van der Waals surface area contributed by atoms with E-state index < -0.39 is 0 Å². The van der Waals surface area contributed by atoms with Crippen LogP contribution in [-0.2, 0) is 11.3 Å². The van der Waals surface area contributed by atoms with Crippen LogP contribution < -0.4 is 10.7 Å². The summed E-state index contributed by atoms with van der Waals surface area (Å²) in [5.41, 5.74) is 3.18. The molecule has 0 aliphatic heterocycles. The Labute approximate surface area is 190 Å². The fourth-order valence-electron chi connectivity index (χ4n) is 3.52. The van der Waals surface area contributed by atoms with Crippen molar-refractivity contribution < 1.29 is 9.59 Å². The van der Waals surface area contributed by atoms with Gasteiger partial charge in [-0.05, 0) is 43.7 Å². The van der Waals surface area contributed by atoms with Crippen molar-refractivity contribution in [2.45, 2.75) is 20.4 Å². The summed E-state index contributed by atoms with van der Waals surface area (Å²) >= 11 is 6.15. The second kappa shape index (κ2) is 8.81. The second-order valence-electron chi connectivity index (χ2n) is 7.72. The molecule has 5 nitrogen and oxygen atoms in total. The average Bonchev–Trinajstić information content (AvgIpc) is 2.78. The highest BCUT2D eigenvalue weighted by Crippen LogP contribution is 2.20. The lowest BCUT2D eigenvalue weighted by molar-refractivity contribution is -0.116. The highest BCUT2D eigenvalue weighted by atomic mass is 35.5. The van der Waals surface area contributed by atoms with Crippen LogP contribution in [0.25, 0.3) is 10.9 Å². The van der Waals surface area contributed by atoms with Gasteiger partial charge in [0.05, 0.1) is 11.1 Å². The fraction of sp³-hybridized carbons (Fsp3) is 0.115. The quantitative estimate of drug-likeness (QED) is 0.433. The third-order valence-electron chi connectivity index (χ3n) is 5.32. The van der Waals surface area contributed by atoms with Crippen molar-refractivity contribution in [3.63, 3.8) is 0 Å². The standard InChI is InChI=1S/C26H21ClN2O3/c1-16-7-10-18(11-8-16)25(31)21-14-29(23-6-4-3-5-20(23)26(21)32)15-24(30)28-19-12-9-17(2)22(27)13-19/h3-14H,15H2,1-2H3,(H,28,30). The first-order valence-electron chi connectivity index (χ1n) is 10.1. The van der Waals surface area contributed by atoms with Crippen molar-refractivity contribution >= 4 is 39.9 Å². The van der Waals surface area contributed by atoms with E-state index in [1.807, 2.05) is 32.0 Å². The lowest BCUT2D eigenvalue weighted by Crippen LogP contribution is -2.24. The molecule has 4 rings (SSSR count). The van der Waals surface area contributed by atoms with Crippen molar-refractivity contribution in [2.75, 3.05) is 5.32 Å². The first-order chi connectivity index (χ1) is 15.3. The van der Waals surface area contributed by atoms with Gasteiger partial charge >= 0.3 is 0 Å². The smallest absolute Gasteiger partial charge is 0.244 e. The number of benzene rings is 3. The van der Waals surface area contributed by atoms with Gasteiger partial charge in [0.1, 0.15) is 6.54 Å². The monoisotopic (exact) mass is 444 g/mol. The van der Waals surface area contributed by atoms with E-state index in [9.17, 15) is 14.4 Å². The van der Waals surface area contributed by atoms with E-state index in [0.29, 0.717) is 27.2 Å². The number of aromatic nitrogens is 1. The highest BCUT2D eigenvalue weighted by molar-refractivity contribution is 6.31. The largest absolute Gasteiger partial charge is 0.337 e. The Bertz CT molecular complexity index is 1410. The van der Waals surface area contributed by atoms with Crippen LogP contribution in [0.15, 0.2) is 77.7 Å². The first kappa shape index (κ1) is 21.5. The molecular formula is C26H21ClN2O3. The zero-order valence-corrected chi connectivity index (χ0v) is 18.4. The molecule has 0 aliphatic carbocycles. The number of rotatable bonds is 5. The normalized spacial score (nSPS) is 10.8. The van der Waals surface area contributed by atoms with Crippen LogP contribution in [0.4, 0.5) is 5.69 Å². The minimum absolute atomic E-state index is 0.0266. The number of nitrogens with zero attached hydrogens (tertiary/aromatic N) is 1. The number of ketones is 1. The molecule has 32 heavy (non-hydrogen) atoms. The van der Waals surface area contributed by atoms with Crippen LogP contribution in [0.3, 0.4) is 0 Å². The van der Waals surface area contributed by atoms with Crippen molar-refractivity contribution in [3.8, 4) is 0 Å². The highest BCUT2D eigenvalue weighted by Gasteiger charge is 2.18. The summed E-state index contributed by atoms with van der Waals surface area (Å²) in [5.74, 6) is -0.673. The summed E-state index contributed by atoms with van der Waals surface area (Å²) < 4.78 is 1.63. The Kier molecular flexibility index (Phi) is 5.93. The van der Waals surface area contributed by atoms with Crippen molar-refractivity contribution in [2.24, 2.45) is 0 Å². The van der Waals surface area contributed by atoms with Crippen molar-refractivity contribution in [1.82, 2.24) is 4.57 Å². The van der Waals surface area contributed by atoms with E-state index in [0.717, 1.165) is 11.1 Å². The number of aryl methyl sites for hydroxylation is 2. The maximum Gasteiger partial charge on any atom is 0.244 e. The molecule has 0 fully saturated rings. The molecule has 0 radical (unpaired) electrons. The van der Waals surface area contributed by atoms with Gasteiger partial charge in [-0.3, -0.25) is 14.4 Å². The Balaban J connectivity index is 1.72. The number of carbonyl (C=O) groups excluding carboxylic acids is 2. The molecule has 160 valence electrons. The predicted octanol–water partition coefficient (Wildman–Crippen LogP) is 5.14. The molecule has 1 N–H and O–H groups in total. The van der Waals surface area contributed by atoms with E-state index in [1.54, 1.807) is 53.1 Å². The number of nitrogens with one attached hydrogen (secondary N) is 1. The Morgan fingerprint density at radius 1 is 0.969 bits per heavy atom. The minimum atomic E-state index is -0.375. The van der Waals surface area contributed by atoms with E-state index in [4.69, 9.17) is 11.6 Å². The number of carbonyl (C=O) groups is 2. The van der Waals surface area contributed by atoms with Crippen LogP contribution in [0, 0.1) is 13.8 Å². The molecule has 1 amide bonds. The molecule has 1 heterocycles. The molecule has 0 saturated heterocycles. The van der Waals surface area contributed by atoms with Gasteiger partial charge < -0.3 is 9.88 Å². The molecule has 0 unspecified atom stereocenters. The van der Waals surface area contributed by atoms with E-state index in [2.05, 4.69) is 5.32 Å². The molecule has 0 atom stereocenters. The van der Waals surface area contributed by atoms with Crippen molar-refractivity contribution in [3.05, 3.63) is 110 Å². The fourth-order valence-corrected chi connectivity index (χ4v) is 3.70. The van der Waals surface area contributed by atoms with Crippen LogP contribution in [0.5, 0.6) is 0 Å². The lowest BCUT2D eigenvalue weighted by atomic mass is 10.0. The number of anilines is 1. The summed E-state index contributed by atoms with van der Waals surface area (Å²) in [6.45, 7) is 3.74. The molecule has 0 spiro atoms. The van der Waals surface area contributed by atoms with Gasteiger partial charge in [0.15, 0.2) is 5.78 Å². The molecule has 0 saturated carbocycles. The third-order valence-corrected chi connectivity index (χ3v) is 5.72. The topological polar surface area (TPSA) is 68.2 Å². The summed E-state index contributed by atoms with van der Waals surface area (Å²) in [6, 6.07) is 19.3. The van der Waals surface area contributed by atoms with Crippen LogP contribution in [0.2, 0.25) is 5.02 Å². The average molecular weight is 445 g/mol. The van der Waals surface area contributed by atoms with E-state index in [1.165, 1.54) is 6.20 Å². The molecule has 4 aromatic rings. The van der Waals surface area contributed by atoms with Crippen LogP contribution in [0.1, 0.15) is 27.0 Å². The Morgan fingerprint density at radius 2 is 1.69 bits per heavy atom. The van der Waals surface area contributed by atoms with Crippen molar-refractivity contribution in [1.29, 1.82) is 0 Å². The van der Waals surface area contributed by atoms with Gasteiger partial charge in [0.2, 0.25) is 11.3 Å². The number of fused-ring (bicyclic) bond motifs is 1. The maximum atomic E-state index is 13.1. The molecule has 0 aliphatic rings. The van der Waals surface area contributed by atoms with Gasteiger partial charge in [-0.15, -0.1) is 0 Å². The molecule has 1 aromatic heterocycles. The first-order valence-corrected chi connectivity index (χ1v) is 10.5. The Hall–Kier alpha value is -3.70. The van der Waals surface area contributed by atoms with E-state index in [-0.39, 0.29) is 29.2 Å². The van der Waals surface area contributed by atoms with Gasteiger partial charge in [-0.1, -0.05) is 59.6 Å². The zero-order chi connectivity index (χ0) is 22.8. The maximum absolute atomic E-state index is 13.1. The lowest BCUT2D eigenvalue weighted by Gasteiger charge is -2.14. The molecular weight excluding hydrogens is 424 g/mol. The summed E-state index contributed by atoms with van der Waals surface area (Å²) in [4.78, 5) is 38.9. The SMILES string of the molecule is Cc1ccc(C(=O)c2cn(CC(=O)Nc3ccc(C)c(Cl)c3)c3ccccc3c2=O)cc1. The van der Waals surface area contributed by atoms with E-state index >= 15 is 0 Å². The Morgan fingerprint density at radius 3 is 2.41 bits per heavy atom. The molecule has 0 bridgehead atoms. The van der Waals surface area contributed by atoms with Crippen LogP contribution >= 0.6 is 11.6 Å². The number of para-hydroxylation sites is 1. The molecule has 3 aromatic carbocycles. The second-order valence-corrected chi connectivity index (χ2v) is 8.13. The number of hydrogen-bond donors (Lipinski definition) is 1. The van der Waals surface area contributed by atoms with Crippen LogP contribution in [-0.4, -0.2) is 16.3 Å². The summed E-state index contributed by atoms with van der Waals surface area (Å²) in [5, 5.41) is 3.76. The zero-order valence-electron chi connectivity index (χ0n) is 17.7. The van der Waals surface area contributed by atoms with Gasteiger partial charge in [-0.25, -0.2) is 0 Å². The minimum Gasteiger partial charge on any atom is -0.337 e. The number of hydrogen-bond acceptors (Lipinski definition) is 3. The van der Waals surface area contributed by atoms with Gasteiger partial charge in [0, 0.05) is 27.9 Å². The van der Waals surface area contributed by atoms with Gasteiger partial charge in [-0.2, -0.15) is 0 Å².